The fraction of sp³-hybridized carbons (Fsp3) is 0.150. The summed E-state index contributed by atoms with van der Waals surface area (Å²) in [4.78, 5) is 12.1. The number of aryl methyl sites for hydroxylation is 1. The Morgan fingerprint density at radius 1 is 1.17 bits per heavy atom. The normalized spacial score (nSPS) is 11.1. The van der Waals surface area contributed by atoms with Gasteiger partial charge in [-0.2, -0.15) is 0 Å². The minimum atomic E-state index is -3.59. The third-order valence-electron chi connectivity index (χ3n) is 4.14. The molecule has 0 unspecified atom stereocenters. The Hall–Kier alpha value is -2.36. The van der Waals surface area contributed by atoms with E-state index >= 15 is 0 Å². The highest BCUT2D eigenvalue weighted by molar-refractivity contribution is 9.10. The average molecular weight is 495 g/mol. The summed E-state index contributed by atoms with van der Waals surface area (Å²) < 4.78 is 33.0. The Balaban J connectivity index is 1.59. The quantitative estimate of drug-likeness (QED) is 0.518. The van der Waals surface area contributed by atoms with Gasteiger partial charge in [-0.3, -0.25) is 9.10 Å². The molecule has 29 heavy (non-hydrogen) atoms. The fourth-order valence-corrected chi connectivity index (χ4v) is 5.19. The van der Waals surface area contributed by atoms with Crippen molar-refractivity contribution in [1.82, 2.24) is 0 Å². The van der Waals surface area contributed by atoms with E-state index < -0.39 is 10.0 Å². The summed E-state index contributed by atoms with van der Waals surface area (Å²) in [5.41, 5.74) is 2.25. The number of sulfonamides is 1. The second-order valence-electron chi connectivity index (χ2n) is 6.20. The van der Waals surface area contributed by atoms with Crippen LogP contribution < -0.4 is 14.4 Å². The summed E-state index contributed by atoms with van der Waals surface area (Å²) in [6.45, 7) is 1.81. The predicted octanol–water partition coefficient (Wildman–Crippen LogP) is 4.66. The highest BCUT2D eigenvalue weighted by Crippen LogP contribution is 2.26. The van der Waals surface area contributed by atoms with Crippen molar-refractivity contribution in [2.24, 2.45) is 0 Å². The second kappa shape index (κ2) is 8.98. The summed E-state index contributed by atoms with van der Waals surface area (Å²) in [5, 5.41) is 4.49. The van der Waals surface area contributed by atoms with E-state index in [2.05, 4.69) is 21.2 Å². The number of hydrogen-bond acceptors (Lipinski definition) is 5. The Morgan fingerprint density at radius 3 is 2.52 bits per heavy atom. The number of ether oxygens (including phenoxy) is 1. The molecule has 152 valence electrons. The van der Waals surface area contributed by atoms with Gasteiger partial charge in [-0.25, -0.2) is 8.42 Å². The van der Waals surface area contributed by atoms with Gasteiger partial charge >= 0.3 is 0 Å². The number of nitrogens with zero attached hydrogens (tertiary/aromatic N) is 1. The molecule has 1 heterocycles. The molecule has 9 heteroatoms. The summed E-state index contributed by atoms with van der Waals surface area (Å²) in [6, 6.07) is 15.3. The number of amides is 1. The molecular formula is C20H19BrN2O4S2. The molecule has 3 aromatic rings. The third kappa shape index (κ3) is 5.17. The first-order chi connectivity index (χ1) is 13.8. The van der Waals surface area contributed by atoms with E-state index in [4.69, 9.17) is 4.74 Å². The van der Waals surface area contributed by atoms with Crippen molar-refractivity contribution in [1.29, 1.82) is 0 Å². The topological polar surface area (TPSA) is 75.7 Å². The van der Waals surface area contributed by atoms with Gasteiger partial charge in [-0.05, 0) is 60.3 Å². The van der Waals surface area contributed by atoms with Crippen molar-refractivity contribution in [3.8, 4) is 5.75 Å². The Morgan fingerprint density at radius 2 is 1.90 bits per heavy atom. The summed E-state index contributed by atoms with van der Waals surface area (Å²) in [6.07, 6.45) is 0. The van der Waals surface area contributed by atoms with E-state index in [-0.39, 0.29) is 16.7 Å². The van der Waals surface area contributed by atoms with E-state index in [1.54, 1.807) is 41.8 Å². The van der Waals surface area contributed by atoms with Crippen LogP contribution in [-0.2, 0) is 14.8 Å². The molecule has 0 spiro atoms. The maximum Gasteiger partial charge on any atom is 0.273 e. The SMILES string of the molecule is Cc1ccc(NC(=O)COc2ccc(N(C)S(=O)(=O)c3cccs3)cc2)cc1Br. The molecule has 2 aromatic carbocycles. The minimum Gasteiger partial charge on any atom is -0.484 e. The van der Waals surface area contributed by atoms with Gasteiger partial charge in [0.2, 0.25) is 0 Å². The molecule has 1 N–H and O–H groups in total. The lowest BCUT2D eigenvalue weighted by Crippen LogP contribution is -2.25. The molecule has 1 aromatic heterocycles. The van der Waals surface area contributed by atoms with Gasteiger partial charge in [0.05, 0.1) is 5.69 Å². The summed E-state index contributed by atoms with van der Waals surface area (Å²) in [5.74, 6) is 0.179. The van der Waals surface area contributed by atoms with Crippen molar-refractivity contribution < 1.29 is 17.9 Å². The molecule has 0 fully saturated rings. The zero-order valence-corrected chi connectivity index (χ0v) is 19.0. The van der Waals surface area contributed by atoms with E-state index in [1.807, 2.05) is 25.1 Å². The first-order valence-corrected chi connectivity index (χ1v) is 11.7. The highest BCUT2D eigenvalue weighted by atomic mass is 79.9. The average Bonchev–Trinajstić information content (AvgIpc) is 3.25. The van der Waals surface area contributed by atoms with Gasteiger partial charge < -0.3 is 10.1 Å². The zero-order chi connectivity index (χ0) is 21.0. The lowest BCUT2D eigenvalue weighted by Gasteiger charge is -2.18. The van der Waals surface area contributed by atoms with Crippen LogP contribution in [0.25, 0.3) is 0 Å². The van der Waals surface area contributed by atoms with Crippen molar-refractivity contribution in [3.05, 3.63) is 70.0 Å². The van der Waals surface area contributed by atoms with Crippen LogP contribution in [0.4, 0.5) is 11.4 Å². The van der Waals surface area contributed by atoms with Crippen LogP contribution in [0, 0.1) is 6.92 Å². The first kappa shape index (κ1) is 21.4. The zero-order valence-electron chi connectivity index (χ0n) is 15.8. The van der Waals surface area contributed by atoms with Crippen molar-refractivity contribution in [3.63, 3.8) is 0 Å². The maximum absolute atomic E-state index is 12.6. The van der Waals surface area contributed by atoms with Gasteiger partial charge in [-0.1, -0.05) is 28.1 Å². The van der Waals surface area contributed by atoms with Crippen LogP contribution in [0.3, 0.4) is 0 Å². The van der Waals surface area contributed by atoms with Gasteiger partial charge in [0.15, 0.2) is 6.61 Å². The summed E-state index contributed by atoms with van der Waals surface area (Å²) >= 11 is 4.60. The molecular weight excluding hydrogens is 476 g/mol. The van der Waals surface area contributed by atoms with Crippen LogP contribution in [-0.4, -0.2) is 28.0 Å². The largest absolute Gasteiger partial charge is 0.484 e. The smallest absolute Gasteiger partial charge is 0.273 e. The Bertz CT molecular complexity index is 1100. The molecule has 0 radical (unpaired) electrons. The molecule has 0 aliphatic carbocycles. The van der Waals surface area contributed by atoms with Gasteiger partial charge in [-0.15, -0.1) is 11.3 Å². The van der Waals surface area contributed by atoms with Crippen LogP contribution >= 0.6 is 27.3 Å². The number of thiophene rings is 1. The number of rotatable bonds is 7. The van der Waals surface area contributed by atoms with E-state index in [0.29, 0.717) is 17.1 Å². The highest BCUT2D eigenvalue weighted by Gasteiger charge is 2.22. The number of halogens is 1. The number of carbonyl (C=O) groups is 1. The van der Waals surface area contributed by atoms with E-state index in [1.165, 1.54) is 22.7 Å². The standard InChI is InChI=1S/C20H19BrN2O4S2/c1-14-5-6-15(12-18(14)21)22-19(24)13-27-17-9-7-16(8-10-17)23(2)29(25,26)20-4-3-11-28-20/h3-12H,13H2,1-2H3,(H,22,24). The molecule has 0 aliphatic rings. The lowest BCUT2D eigenvalue weighted by molar-refractivity contribution is -0.118. The van der Waals surface area contributed by atoms with Crippen LogP contribution in [0.2, 0.25) is 0 Å². The van der Waals surface area contributed by atoms with Crippen LogP contribution in [0.15, 0.2) is 68.7 Å². The van der Waals surface area contributed by atoms with Crippen LogP contribution in [0.5, 0.6) is 5.75 Å². The van der Waals surface area contributed by atoms with Crippen molar-refractivity contribution in [2.45, 2.75) is 11.1 Å². The molecule has 0 bridgehead atoms. The Labute approximate surface area is 182 Å². The molecule has 0 atom stereocenters. The van der Waals surface area contributed by atoms with Crippen molar-refractivity contribution in [2.75, 3.05) is 23.3 Å². The number of nitrogens with one attached hydrogen (secondary N) is 1. The van der Waals surface area contributed by atoms with Crippen molar-refractivity contribution >= 4 is 54.6 Å². The fourth-order valence-electron chi connectivity index (χ4n) is 2.45. The van der Waals surface area contributed by atoms with Crippen LogP contribution in [0.1, 0.15) is 5.56 Å². The second-order valence-corrected chi connectivity index (χ2v) is 10.2. The molecule has 6 nitrogen and oxygen atoms in total. The molecule has 1 amide bonds. The number of hydrogen-bond donors (Lipinski definition) is 1. The minimum absolute atomic E-state index is 0.159. The number of anilines is 2. The molecule has 3 rings (SSSR count). The monoisotopic (exact) mass is 494 g/mol. The lowest BCUT2D eigenvalue weighted by atomic mass is 10.2. The molecule has 0 saturated heterocycles. The maximum atomic E-state index is 12.6. The van der Waals surface area contributed by atoms with Gasteiger partial charge in [0.1, 0.15) is 9.96 Å². The first-order valence-electron chi connectivity index (χ1n) is 8.58. The van der Waals surface area contributed by atoms with Gasteiger partial charge in [0, 0.05) is 17.2 Å². The van der Waals surface area contributed by atoms with E-state index in [0.717, 1.165) is 10.0 Å². The molecule has 0 aliphatic heterocycles. The number of carbonyl (C=O) groups excluding carboxylic acids is 1. The Kier molecular flexibility index (Phi) is 6.61. The van der Waals surface area contributed by atoms with E-state index in [9.17, 15) is 13.2 Å². The number of benzene rings is 2. The third-order valence-corrected chi connectivity index (χ3v) is 8.15. The predicted molar refractivity (Wildman–Crippen MR) is 119 cm³/mol. The summed E-state index contributed by atoms with van der Waals surface area (Å²) in [7, 11) is -2.09. The van der Waals surface area contributed by atoms with Gasteiger partial charge in [0.25, 0.3) is 15.9 Å². The molecule has 0 saturated carbocycles.